The van der Waals surface area contributed by atoms with Crippen LogP contribution in [0.15, 0.2) is 36.4 Å². The molecule has 2 amide bonds. The van der Waals surface area contributed by atoms with Gasteiger partial charge in [-0.1, -0.05) is 64.6 Å². The molecular weight excluding hydrogens is 509 g/mol. The number of hydrogen-bond donors (Lipinski definition) is 1. The third-order valence-corrected chi connectivity index (χ3v) is 7.04. The van der Waals surface area contributed by atoms with Gasteiger partial charge in [-0.3, -0.25) is 13.9 Å². The van der Waals surface area contributed by atoms with Crippen molar-refractivity contribution in [2.45, 2.75) is 33.4 Å². The Morgan fingerprint density at radius 3 is 2.27 bits per heavy atom. The quantitative estimate of drug-likeness (QED) is 0.487. The molecule has 7 nitrogen and oxygen atoms in total. The molecule has 180 valence electrons. The van der Waals surface area contributed by atoms with Gasteiger partial charge in [0.2, 0.25) is 21.8 Å². The third kappa shape index (κ3) is 7.24. The van der Waals surface area contributed by atoms with Gasteiger partial charge in [-0.25, -0.2) is 8.42 Å². The van der Waals surface area contributed by atoms with Crippen molar-refractivity contribution in [1.82, 2.24) is 10.2 Å². The molecule has 1 atom stereocenters. The van der Waals surface area contributed by atoms with Crippen LogP contribution in [-0.4, -0.2) is 50.5 Å². The maximum Gasteiger partial charge on any atom is 0.244 e. The first-order valence-corrected chi connectivity index (χ1v) is 13.1. The number of rotatable bonds is 9. The van der Waals surface area contributed by atoms with Crippen LogP contribution in [0.3, 0.4) is 0 Å². The van der Waals surface area contributed by atoms with Crippen LogP contribution < -0.4 is 9.62 Å². The average molecular weight is 535 g/mol. The molecule has 11 heteroatoms. The highest BCUT2D eigenvalue weighted by atomic mass is 35.5. The van der Waals surface area contributed by atoms with Crippen molar-refractivity contribution in [2.24, 2.45) is 0 Å². The lowest BCUT2D eigenvalue weighted by Crippen LogP contribution is -2.51. The molecule has 0 aliphatic carbocycles. The molecule has 0 saturated heterocycles. The molecule has 2 aromatic carbocycles. The first kappa shape index (κ1) is 27.2. The lowest BCUT2D eigenvalue weighted by Gasteiger charge is -2.31. The highest BCUT2D eigenvalue weighted by molar-refractivity contribution is 7.92. The summed E-state index contributed by atoms with van der Waals surface area (Å²) < 4.78 is 26.0. The molecule has 0 fully saturated rings. The fraction of sp³-hybridized carbons (Fsp3) is 0.364. The van der Waals surface area contributed by atoms with Crippen molar-refractivity contribution in [3.63, 3.8) is 0 Å². The first-order chi connectivity index (χ1) is 15.3. The molecule has 0 aliphatic heterocycles. The van der Waals surface area contributed by atoms with Crippen molar-refractivity contribution < 1.29 is 18.0 Å². The smallest absolute Gasteiger partial charge is 0.244 e. The van der Waals surface area contributed by atoms with Crippen molar-refractivity contribution in [3.05, 3.63) is 62.6 Å². The number of hydrogen-bond acceptors (Lipinski definition) is 4. The second-order valence-electron chi connectivity index (χ2n) is 7.57. The van der Waals surface area contributed by atoms with E-state index in [1.807, 2.05) is 31.2 Å². The van der Waals surface area contributed by atoms with Crippen LogP contribution in [-0.2, 0) is 26.2 Å². The molecule has 1 N–H and O–H groups in total. The molecule has 2 aromatic rings. The van der Waals surface area contributed by atoms with Gasteiger partial charge in [0.05, 0.1) is 27.0 Å². The van der Waals surface area contributed by atoms with Crippen LogP contribution in [0.2, 0.25) is 15.1 Å². The number of amides is 2. The van der Waals surface area contributed by atoms with E-state index >= 15 is 0 Å². The van der Waals surface area contributed by atoms with Crippen molar-refractivity contribution in [1.29, 1.82) is 0 Å². The Morgan fingerprint density at radius 2 is 1.70 bits per heavy atom. The Hall–Kier alpha value is -2.00. The predicted molar refractivity (Wildman–Crippen MR) is 134 cm³/mol. The summed E-state index contributed by atoms with van der Waals surface area (Å²) in [6.45, 7) is 5.22. The SMILES string of the molecule is CCNC(=O)[C@@H](C)N(Cc1cccc(C)c1)C(=O)CN(c1cc(Cl)c(Cl)cc1Cl)S(C)(=O)=O. The summed E-state index contributed by atoms with van der Waals surface area (Å²) in [5.74, 6) is -0.931. The summed E-state index contributed by atoms with van der Waals surface area (Å²) in [4.78, 5) is 27.3. The van der Waals surface area contributed by atoms with E-state index in [0.29, 0.717) is 6.54 Å². The normalized spacial score (nSPS) is 12.2. The molecule has 0 aromatic heterocycles. The van der Waals surface area contributed by atoms with Crippen LogP contribution in [0.25, 0.3) is 0 Å². The second-order valence-corrected chi connectivity index (χ2v) is 10.7. The first-order valence-electron chi connectivity index (χ1n) is 10.1. The summed E-state index contributed by atoms with van der Waals surface area (Å²) in [7, 11) is -3.94. The summed E-state index contributed by atoms with van der Waals surface area (Å²) >= 11 is 18.3. The number of nitrogens with one attached hydrogen (secondary N) is 1. The predicted octanol–water partition coefficient (Wildman–Crippen LogP) is 4.27. The highest BCUT2D eigenvalue weighted by Crippen LogP contribution is 2.35. The van der Waals surface area contributed by atoms with E-state index in [2.05, 4.69) is 5.32 Å². The minimum Gasteiger partial charge on any atom is -0.355 e. The zero-order valence-corrected chi connectivity index (χ0v) is 21.8. The summed E-state index contributed by atoms with van der Waals surface area (Å²) in [6.07, 6.45) is 0.956. The van der Waals surface area contributed by atoms with Gasteiger partial charge >= 0.3 is 0 Å². The van der Waals surface area contributed by atoms with Crippen LogP contribution >= 0.6 is 34.8 Å². The van der Waals surface area contributed by atoms with Crippen LogP contribution in [0.1, 0.15) is 25.0 Å². The number of halogens is 3. The van der Waals surface area contributed by atoms with Gasteiger partial charge in [-0.2, -0.15) is 0 Å². The maximum atomic E-state index is 13.4. The second kappa shape index (κ2) is 11.4. The molecule has 0 radical (unpaired) electrons. The number of aryl methyl sites for hydroxylation is 1. The largest absolute Gasteiger partial charge is 0.355 e. The van der Waals surface area contributed by atoms with Gasteiger partial charge in [-0.15, -0.1) is 0 Å². The van der Waals surface area contributed by atoms with E-state index in [4.69, 9.17) is 34.8 Å². The standard InChI is InChI=1S/C22H26Cl3N3O4S/c1-5-26-22(30)15(3)27(12-16-8-6-7-14(2)9-16)21(29)13-28(33(4,31)32)20-11-18(24)17(23)10-19(20)25/h6-11,15H,5,12-13H2,1-4H3,(H,26,30)/t15-/m1/s1. The molecule has 2 rings (SSSR count). The van der Waals surface area contributed by atoms with Crippen molar-refractivity contribution >= 4 is 62.3 Å². The lowest BCUT2D eigenvalue weighted by molar-refractivity contribution is -0.139. The van der Waals surface area contributed by atoms with Crippen LogP contribution in [0.5, 0.6) is 0 Å². The van der Waals surface area contributed by atoms with Crippen molar-refractivity contribution in [2.75, 3.05) is 23.7 Å². The van der Waals surface area contributed by atoms with E-state index < -0.39 is 28.5 Å². The van der Waals surface area contributed by atoms with E-state index in [9.17, 15) is 18.0 Å². The summed E-state index contributed by atoms with van der Waals surface area (Å²) in [5.41, 5.74) is 1.81. The van der Waals surface area contributed by atoms with Crippen molar-refractivity contribution in [3.8, 4) is 0 Å². The average Bonchev–Trinajstić information content (AvgIpc) is 2.72. The van der Waals surface area contributed by atoms with E-state index in [1.54, 1.807) is 13.8 Å². The fourth-order valence-electron chi connectivity index (χ4n) is 3.21. The van der Waals surface area contributed by atoms with E-state index in [0.717, 1.165) is 21.7 Å². The topological polar surface area (TPSA) is 86.8 Å². The third-order valence-electron chi connectivity index (χ3n) is 4.89. The zero-order valence-electron chi connectivity index (χ0n) is 18.7. The lowest BCUT2D eigenvalue weighted by atomic mass is 10.1. The maximum absolute atomic E-state index is 13.4. The minimum atomic E-state index is -3.94. The number of carbonyl (C=O) groups excluding carboxylic acids is 2. The Labute approximate surface area is 209 Å². The molecule has 0 spiro atoms. The van der Waals surface area contributed by atoms with Gasteiger partial charge in [-0.05, 0) is 38.5 Å². The van der Waals surface area contributed by atoms with Gasteiger partial charge in [0.15, 0.2) is 0 Å². The number of benzene rings is 2. The fourth-order valence-corrected chi connectivity index (χ4v) is 4.76. The van der Waals surface area contributed by atoms with Gasteiger partial charge in [0.1, 0.15) is 12.6 Å². The molecular formula is C22H26Cl3N3O4S. The van der Waals surface area contributed by atoms with Gasteiger partial charge < -0.3 is 10.2 Å². The molecule has 0 unspecified atom stereocenters. The Morgan fingerprint density at radius 1 is 1.06 bits per heavy atom. The number of nitrogens with zero attached hydrogens (tertiary/aromatic N) is 2. The Balaban J connectivity index is 2.46. The Kier molecular flexibility index (Phi) is 9.43. The van der Waals surface area contributed by atoms with E-state index in [-0.39, 0.29) is 33.2 Å². The molecule has 0 aliphatic rings. The monoisotopic (exact) mass is 533 g/mol. The molecule has 0 heterocycles. The zero-order chi connectivity index (χ0) is 24.9. The van der Waals surface area contributed by atoms with Gasteiger partial charge in [0.25, 0.3) is 0 Å². The molecule has 33 heavy (non-hydrogen) atoms. The van der Waals surface area contributed by atoms with Crippen LogP contribution in [0.4, 0.5) is 5.69 Å². The van der Waals surface area contributed by atoms with Crippen LogP contribution in [0, 0.1) is 6.92 Å². The molecule has 0 saturated carbocycles. The highest BCUT2D eigenvalue weighted by Gasteiger charge is 2.31. The Bertz CT molecular complexity index is 1140. The number of likely N-dealkylation sites (N-methyl/N-ethyl adjacent to an activating group) is 1. The summed E-state index contributed by atoms with van der Waals surface area (Å²) in [5, 5.41) is 2.95. The summed E-state index contributed by atoms with van der Waals surface area (Å²) in [6, 6.07) is 9.26. The van der Waals surface area contributed by atoms with Gasteiger partial charge in [0, 0.05) is 13.1 Å². The molecule has 0 bridgehead atoms. The number of carbonyl (C=O) groups is 2. The minimum absolute atomic E-state index is 0.0167. The number of sulfonamides is 1. The van der Waals surface area contributed by atoms with E-state index in [1.165, 1.54) is 17.0 Å². The number of anilines is 1.